The Morgan fingerprint density at radius 1 is 0.778 bits per heavy atom. The molecule has 0 aromatic carbocycles. The summed E-state index contributed by atoms with van der Waals surface area (Å²) in [5.74, 6) is -10.8. The lowest BCUT2D eigenvalue weighted by molar-refractivity contribution is -0.471. The molecule has 0 spiro atoms. The van der Waals surface area contributed by atoms with E-state index in [2.05, 4.69) is 0 Å². The first-order valence-corrected chi connectivity index (χ1v) is 3.47. The summed E-state index contributed by atoms with van der Waals surface area (Å²) in [6, 6.07) is -7.11. The number of hydrogen-bond acceptors (Lipinski definition) is 3. The number of carboxylic acids is 1. The van der Waals surface area contributed by atoms with Crippen molar-refractivity contribution in [2.24, 2.45) is 0 Å². The van der Waals surface area contributed by atoms with Gasteiger partial charge in [0, 0.05) is 0 Å². The van der Waals surface area contributed by atoms with E-state index < -0.39 is 35.4 Å². The van der Waals surface area contributed by atoms with Gasteiger partial charge in [0.25, 0.3) is 0 Å². The number of halogens is 10. The van der Waals surface area contributed by atoms with Crippen LogP contribution in [0.15, 0.2) is 0 Å². The molecule has 0 saturated carbocycles. The Balaban J connectivity index is 5.87. The molecular formula is C5F10NO2-. The van der Waals surface area contributed by atoms with E-state index in [0.717, 1.165) is 0 Å². The molecule has 0 aliphatic rings. The van der Waals surface area contributed by atoms with Crippen molar-refractivity contribution < 1.29 is 53.8 Å². The van der Waals surface area contributed by atoms with Crippen molar-refractivity contribution in [1.29, 1.82) is 0 Å². The molecule has 0 rings (SSSR count). The van der Waals surface area contributed by atoms with Gasteiger partial charge in [-0.2, -0.15) is 43.9 Å². The maximum absolute atomic E-state index is 12.4. The average Bonchev–Trinajstić information content (AvgIpc) is 1.95. The molecule has 0 aliphatic heterocycles. The molecule has 0 bridgehead atoms. The number of alkyl halides is 10. The number of aliphatic carboxylic acids is 1. The van der Waals surface area contributed by atoms with Crippen LogP contribution >= 0.6 is 0 Å². The van der Waals surface area contributed by atoms with Gasteiger partial charge < -0.3 is 9.90 Å². The van der Waals surface area contributed by atoms with Crippen LogP contribution in [0.25, 0.3) is 0 Å². The van der Waals surface area contributed by atoms with Gasteiger partial charge >= 0.3 is 24.6 Å². The number of carboxylic acid groups (broad SMARTS) is 1. The minimum atomic E-state index is -7.11. The van der Waals surface area contributed by atoms with Crippen LogP contribution < -0.4 is 5.11 Å². The first-order chi connectivity index (χ1) is 7.56. The van der Waals surface area contributed by atoms with E-state index in [1.165, 1.54) is 0 Å². The van der Waals surface area contributed by atoms with Gasteiger partial charge in [-0.25, -0.2) is 0 Å². The molecule has 0 unspecified atom stereocenters. The highest BCUT2D eigenvalue weighted by molar-refractivity contribution is 5.74. The molecule has 13 heteroatoms. The molecule has 0 fully saturated rings. The highest BCUT2D eigenvalue weighted by Gasteiger charge is 2.75. The lowest BCUT2D eigenvalue weighted by atomic mass is 10.2. The van der Waals surface area contributed by atoms with Crippen LogP contribution in [0.4, 0.5) is 43.9 Å². The van der Waals surface area contributed by atoms with Crippen molar-refractivity contribution in [1.82, 2.24) is 4.90 Å². The van der Waals surface area contributed by atoms with E-state index in [9.17, 15) is 53.8 Å². The Bertz CT molecular complexity index is 316. The summed E-state index contributed by atoms with van der Waals surface area (Å²) in [7, 11) is 0. The van der Waals surface area contributed by atoms with Crippen molar-refractivity contribution in [3.63, 3.8) is 0 Å². The van der Waals surface area contributed by atoms with Crippen molar-refractivity contribution in [2.45, 2.75) is 24.6 Å². The largest absolute Gasteiger partial charge is 0.544 e. The van der Waals surface area contributed by atoms with Gasteiger partial charge in [0.15, 0.2) is 0 Å². The summed E-state index contributed by atoms with van der Waals surface area (Å²) >= 11 is 0. The fraction of sp³-hybridized carbons (Fsp3) is 0.800. The predicted molar refractivity (Wildman–Crippen MR) is 28.9 cm³/mol. The van der Waals surface area contributed by atoms with E-state index in [1.807, 2.05) is 0 Å². The zero-order chi connectivity index (χ0) is 15.2. The molecule has 0 aliphatic carbocycles. The zero-order valence-corrected chi connectivity index (χ0v) is 7.54. The van der Waals surface area contributed by atoms with Crippen LogP contribution in [-0.2, 0) is 4.79 Å². The molecule has 3 nitrogen and oxygen atoms in total. The summed E-state index contributed by atoms with van der Waals surface area (Å²) < 4.78 is 119. The molecular weight excluding hydrogens is 296 g/mol. The van der Waals surface area contributed by atoms with E-state index in [-0.39, 0.29) is 0 Å². The zero-order valence-electron chi connectivity index (χ0n) is 7.54. The lowest BCUT2D eigenvalue weighted by Gasteiger charge is -2.37. The van der Waals surface area contributed by atoms with Crippen molar-refractivity contribution in [3.8, 4) is 0 Å². The highest BCUT2D eigenvalue weighted by Crippen LogP contribution is 2.48. The van der Waals surface area contributed by atoms with Crippen LogP contribution in [0.1, 0.15) is 0 Å². The molecule has 18 heavy (non-hydrogen) atoms. The van der Waals surface area contributed by atoms with Gasteiger partial charge in [-0.05, 0) is 0 Å². The van der Waals surface area contributed by atoms with Crippen LogP contribution in [0.3, 0.4) is 0 Å². The second-order valence-corrected chi connectivity index (χ2v) is 2.67. The topological polar surface area (TPSA) is 43.4 Å². The molecule has 0 aromatic rings. The van der Waals surface area contributed by atoms with Gasteiger partial charge in [0.1, 0.15) is 5.97 Å². The number of hydrogen-bond donors (Lipinski definition) is 0. The summed E-state index contributed by atoms with van der Waals surface area (Å²) in [4.78, 5) is 5.71. The highest BCUT2D eigenvalue weighted by atomic mass is 19.4. The fourth-order valence-electron chi connectivity index (χ4n) is 0.725. The molecule has 0 atom stereocenters. The number of carbonyl (C=O) groups is 1. The van der Waals surface area contributed by atoms with E-state index in [1.54, 1.807) is 0 Å². The molecule has 0 N–H and O–H groups in total. The van der Waals surface area contributed by atoms with Gasteiger partial charge in [0.05, 0.1) is 0 Å². The average molecular weight is 296 g/mol. The fourth-order valence-corrected chi connectivity index (χ4v) is 0.725. The molecule has 0 aromatic heterocycles. The first-order valence-electron chi connectivity index (χ1n) is 3.47. The van der Waals surface area contributed by atoms with Gasteiger partial charge in [0.2, 0.25) is 0 Å². The molecule has 0 amide bonds. The molecule has 0 saturated heterocycles. The minimum Gasteiger partial charge on any atom is -0.544 e. The third-order valence-corrected chi connectivity index (χ3v) is 1.42. The van der Waals surface area contributed by atoms with Crippen molar-refractivity contribution >= 4 is 5.97 Å². The Morgan fingerprint density at radius 3 is 1.22 bits per heavy atom. The third kappa shape index (κ3) is 2.76. The quantitative estimate of drug-likeness (QED) is 0.582. The second-order valence-electron chi connectivity index (χ2n) is 2.67. The maximum atomic E-state index is 12.4. The summed E-state index contributed by atoms with van der Waals surface area (Å²) in [6.45, 7) is 0. The number of carbonyl (C=O) groups excluding carboxylic acids is 1. The maximum Gasteiger partial charge on any atom is 0.472 e. The predicted octanol–water partition coefficient (Wildman–Crippen LogP) is 1.31. The Morgan fingerprint density at radius 2 is 1.06 bits per heavy atom. The number of nitrogens with zero attached hydrogens (tertiary/aromatic N) is 1. The molecule has 0 radical (unpaired) electrons. The van der Waals surface area contributed by atoms with E-state index in [0.29, 0.717) is 0 Å². The standard InChI is InChI=1S/C5HF10NO2/c6-2(7,1(17)18)3(8,9)16(4(10,11)12)5(13,14)15/h(H,17,18)/p-1. The van der Waals surface area contributed by atoms with Crippen molar-refractivity contribution in [3.05, 3.63) is 0 Å². The lowest BCUT2D eigenvalue weighted by Crippen LogP contribution is -2.68. The Hall–Kier alpha value is -1.27. The number of rotatable bonds is 3. The van der Waals surface area contributed by atoms with Gasteiger partial charge in [-0.15, -0.1) is 0 Å². The second kappa shape index (κ2) is 4.13. The normalized spacial score (nSPS) is 15.1. The van der Waals surface area contributed by atoms with E-state index in [4.69, 9.17) is 0 Å². The summed E-state index contributed by atoms with van der Waals surface area (Å²) in [5.41, 5.74) is 0. The van der Waals surface area contributed by atoms with E-state index >= 15 is 0 Å². The van der Waals surface area contributed by atoms with Crippen molar-refractivity contribution in [2.75, 3.05) is 0 Å². The minimum absolute atomic E-state index is 3.82. The monoisotopic (exact) mass is 296 g/mol. The molecule has 108 valence electrons. The summed E-state index contributed by atoms with van der Waals surface area (Å²) in [5, 5.41) is 9.52. The summed E-state index contributed by atoms with van der Waals surface area (Å²) in [6.07, 6.45) is -14.0. The van der Waals surface area contributed by atoms with Crippen LogP contribution in [-0.4, -0.2) is 35.4 Å². The van der Waals surface area contributed by atoms with Gasteiger partial charge in [-0.1, -0.05) is 4.90 Å². The first kappa shape index (κ1) is 16.7. The molecule has 0 heterocycles. The Labute approximate surface area is 90.6 Å². The van der Waals surface area contributed by atoms with Crippen LogP contribution in [0.5, 0.6) is 0 Å². The van der Waals surface area contributed by atoms with Crippen LogP contribution in [0, 0.1) is 0 Å². The van der Waals surface area contributed by atoms with Gasteiger partial charge in [-0.3, -0.25) is 0 Å². The Kier molecular flexibility index (Phi) is 3.84. The smallest absolute Gasteiger partial charge is 0.472 e. The SMILES string of the molecule is O=C([O-])C(F)(F)C(F)(F)N(C(F)(F)F)C(F)(F)F. The van der Waals surface area contributed by atoms with Crippen LogP contribution in [0.2, 0.25) is 0 Å². The third-order valence-electron chi connectivity index (χ3n) is 1.42.